The van der Waals surface area contributed by atoms with Crippen LogP contribution in [0.5, 0.6) is 0 Å². The molecular weight excluding hydrogens is 371 g/mol. The van der Waals surface area contributed by atoms with Crippen LogP contribution < -0.4 is 5.56 Å². The number of benzene rings is 1. The fourth-order valence-corrected chi connectivity index (χ4v) is 4.10. The summed E-state index contributed by atoms with van der Waals surface area (Å²) in [4.78, 5) is 31.9. The zero-order valence-corrected chi connectivity index (χ0v) is 15.7. The molecule has 0 spiro atoms. The number of rotatable bonds is 3. The van der Waals surface area contributed by atoms with E-state index in [1.807, 2.05) is 12.1 Å². The number of fused-ring (bicyclic) bond motifs is 4. The van der Waals surface area contributed by atoms with E-state index in [9.17, 15) is 14.0 Å². The van der Waals surface area contributed by atoms with Gasteiger partial charge in [0.25, 0.3) is 5.56 Å². The van der Waals surface area contributed by atoms with Gasteiger partial charge in [-0.3, -0.25) is 14.6 Å². The van der Waals surface area contributed by atoms with Crippen LogP contribution in [0.3, 0.4) is 0 Å². The highest BCUT2D eigenvalue weighted by Gasteiger charge is 2.21. The number of nitrogens with zero attached hydrogens (tertiary/aromatic N) is 4. The monoisotopic (exact) mass is 390 g/mol. The van der Waals surface area contributed by atoms with Crippen molar-refractivity contribution < 1.29 is 9.18 Å². The third-order valence-electron chi connectivity index (χ3n) is 5.57. The van der Waals surface area contributed by atoms with Crippen molar-refractivity contribution in [1.82, 2.24) is 18.9 Å². The Morgan fingerprint density at radius 3 is 2.90 bits per heavy atom. The van der Waals surface area contributed by atoms with Gasteiger partial charge in [-0.05, 0) is 42.0 Å². The fraction of sp³-hybridized carbons (Fsp3) is 0.227. The average molecular weight is 390 g/mol. The molecule has 0 bridgehead atoms. The minimum atomic E-state index is -0.413. The van der Waals surface area contributed by atoms with E-state index in [2.05, 4.69) is 4.98 Å². The van der Waals surface area contributed by atoms with Crippen LogP contribution in [0.1, 0.15) is 17.7 Å². The molecule has 1 aliphatic rings. The molecular formula is C22H19FN4O2. The quantitative estimate of drug-likeness (QED) is 0.541. The van der Waals surface area contributed by atoms with Gasteiger partial charge in [-0.2, -0.15) is 0 Å². The van der Waals surface area contributed by atoms with E-state index in [0.717, 1.165) is 23.2 Å². The van der Waals surface area contributed by atoms with Crippen LogP contribution in [0.4, 0.5) is 4.39 Å². The van der Waals surface area contributed by atoms with E-state index in [0.29, 0.717) is 24.1 Å². The number of aromatic nitrogens is 3. The third-order valence-corrected chi connectivity index (χ3v) is 5.57. The first-order chi connectivity index (χ1) is 14.1. The van der Waals surface area contributed by atoms with Crippen molar-refractivity contribution in [1.29, 1.82) is 0 Å². The number of aryl methyl sites for hydroxylation is 1. The largest absolute Gasteiger partial charge is 0.338 e. The Morgan fingerprint density at radius 1 is 1.10 bits per heavy atom. The van der Waals surface area contributed by atoms with E-state index in [-0.39, 0.29) is 24.4 Å². The summed E-state index contributed by atoms with van der Waals surface area (Å²) in [7, 11) is 0. The maximum absolute atomic E-state index is 13.9. The minimum absolute atomic E-state index is 0.0220. The van der Waals surface area contributed by atoms with Crippen LogP contribution in [0.15, 0.2) is 59.7 Å². The predicted octanol–water partition coefficient (Wildman–Crippen LogP) is 2.76. The molecule has 6 nitrogen and oxygen atoms in total. The summed E-state index contributed by atoms with van der Waals surface area (Å²) in [6.07, 6.45) is 4.46. The zero-order chi connectivity index (χ0) is 20.0. The molecule has 1 aliphatic heterocycles. The summed E-state index contributed by atoms with van der Waals surface area (Å²) in [5, 5.41) is 0. The molecule has 29 heavy (non-hydrogen) atoms. The molecule has 7 heteroatoms. The van der Waals surface area contributed by atoms with Crippen LogP contribution in [-0.4, -0.2) is 31.3 Å². The second-order valence-electron chi connectivity index (χ2n) is 7.28. The highest BCUT2D eigenvalue weighted by atomic mass is 19.1. The number of amides is 1. The van der Waals surface area contributed by atoms with Gasteiger partial charge in [0, 0.05) is 50.6 Å². The van der Waals surface area contributed by atoms with Gasteiger partial charge >= 0.3 is 0 Å². The van der Waals surface area contributed by atoms with Gasteiger partial charge in [0.15, 0.2) is 0 Å². The lowest BCUT2D eigenvalue weighted by Gasteiger charge is -2.28. The molecule has 4 aromatic rings. The van der Waals surface area contributed by atoms with E-state index < -0.39 is 5.82 Å². The number of pyridine rings is 1. The number of halogens is 1. The van der Waals surface area contributed by atoms with Crippen molar-refractivity contribution in [2.45, 2.75) is 25.9 Å². The van der Waals surface area contributed by atoms with Gasteiger partial charge in [-0.25, -0.2) is 4.39 Å². The maximum Gasteiger partial charge on any atom is 0.275 e. The Labute approximate surface area is 165 Å². The zero-order valence-electron chi connectivity index (χ0n) is 15.7. The van der Waals surface area contributed by atoms with Crippen molar-refractivity contribution in [2.24, 2.45) is 0 Å². The van der Waals surface area contributed by atoms with Gasteiger partial charge < -0.3 is 13.9 Å². The number of hydrogen-bond donors (Lipinski definition) is 0. The summed E-state index contributed by atoms with van der Waals surface area (Å²) >= 11 is 0. The van der Waals surface area contributed by atoms with Crippen molar-refractivity contribution in [3.05, 3.63) is 82.3 Å². The first-order valence-corrected chi connectivity index (χ1v) is 9.61. The SMILES string of the molecule is O=C(CCn1c(=O)c2cccn2c2ccc(F)cc21)N1CCc2ncccc2C1. The highest BCUT2D eigenvalue weighted by molar-refractivity contribution is 5.80. The van der Waals surface area contributed by atoms with Crippen molar-refractivity contribution in [3.63, 3.8) is 0 Å². The van der Waals surface area contributed by atoms with E-state index >= 15 is 0 Å². The van der Waals surface area contributed by atoms with Gasteiger partial charge in [0.05, 0.1) is 11.0 Å². The van der Waals surface area contributed by atoms with Crippen LogP contribution in [0.2, 0.25) is 0 Å². The molecule has 0 fully saturated rings. The third kappa shape index (κ3) is 2.99. The number of hydrogen-bond acceptors (Lipinski definition) is 3. The molecule has 0 radical (unpaired) electrons. The van der Waals surface area contributed by atoms with Crippen molar-refractivity contribution in [3.8, 4) is 0 Å². The van der Waals surface area contributed by atoms with Crippen molar-refractivity contribution >= 4 is 22.5 Å². The minimum Gasteiger partial charge on any atom is -0.338 e. The first kappa shape index (κ1) is 17.6. The number of carbonyl (C=O) groups is 1. The lowest BCUT2D eigenvalue weighted by Crippen LogP contribution is -2.37. The predicted molar refractivity (Wildman–Crippen MR) is 107 cm³/mol. The molecule has 0 saturated carbocycles. The summed E-state index contributed by atoms with van der Waals surface area (Å²) < 4.78 is 17.2. The normalized spacial score (nSPS) is 13.8. The molecule has 0 saturated heterocycles. The summed E-state index contributed by atoms with van der Waals surface area (Å²) in [6, 6.07) is 11.8. The fourth-order valence-electron chi connectivity index (χ4n) is 4.10. The Kier molecular flexibility index (Phi) is 4.16. The van der Waals surface area contributed by atoms with Crippen molar-refractivity contribution in [2.75, 3.05) is 6.54 Å². The summed E-state index contributed by atoms with van der Waals surface area (Å²) in [6.45, 7) is 1.35. The lowest BCUT2D eigenvalue weighted by atomic mass is 10.1. The van der Waals surface area contributed by atoms with E-state index in [4.69, 9.17) is 0 Å². The standard InChI is InChI=1S/C22H19FN4O2/c23-16-5-6-18-20(13-16)27(22(29)19-4-2-10-26(18)19)12-8-21(28)25-11-7-17-15(14-25)3-1-9-24-17/h1-6,9-10,13H,7-8,11-12,14H2. The molecule has 0 aliphatic carbocycles. The van der Waals surface area contributed by atoms with Gasteiger partial charge in [0.2, 0.25) is 5.91 Å². The van der Waals surface area contributed by atoms with Gasteiger partial charge in [0.1, 0.15) is 11.3 Å². The molecule has 0 atom stereocenters. The molecule has 5 rings (SSSR count). The molecule has 0 N–H and O–H groups in total. The topological polar surface area (TPSA) is 59.6 Å². The maximum atomic E-state index is 13.9. The molecule has 1 aromatic carbocycles. The first-order valence-electron chi connectivity index (χ1n) is 9.61. The Balaban J connectivity index is 1.44. The Hall–Kier alpha value is -3.48. The molecule has 4 heterocycles. The van der Waals surface area contributed by atoms with Gasteiger partial charge in [-0.15, -0.1) is 0 Å². The Morgan fingerprint density at radius 2 is 2.00 bits per heavy atom. The molecule has 3 aromatic heterocycles. The number of carbonyl (C=O) groups excluding carboxylic acids is 1. The van der Waals surface area contributed by atoms with Crippen LogP contribution >= 0.6 is 0 Å². The van der Waals surface area contributed by atoms with Crippen LogP contribution in [0.25, 0.3) is 16.6 Å². The van der Waals surface area contributed by atoms with Crippen LogP contribution in [-0.2, 0) is 24.3 Å². The molecule has 146 valence electrons. The molecule has 1 amide bonds. The highest BCUT2D eigenvalue weighted by Crippen LogP contribution is 2.19. The summed E-state index contributed by atoms with van der Waals surface area (Å²) in [5.74, 6) is -0.435. The summed E-state index contributed by atoms with van der Waals surface area (Å²) in [5.41, 5.74) is 3.60. The van der Waals surface area contributed by atoms with Crippen LogP contribution in [0, 0.1) is 5.82 Å². The second kappa shape index (κ2) is 6.84. The molecule has 0 unspecified atom stereocenters. The van der Waals surface area contributed by atoms with E-state index in [1.54, 1.807) is 39.9 Å². The second-order valence-corrected chi connectivity index (χ2v) is 7.28. The van der Waals surface area contributed by atoms with Gasteiger partial charge in [-0.1, -0.05) is 6.07 Å². The smallest absolute Gasteiger partial charge is 0.275 e. The Bertz CT molecular complexity index is 1310. The average Bonchev–Trinajstić information content (AvgIpc) is 3.23. The van der Waals surface area contributed by atoms with E-state index in [1.165, 1.54) is 16.7 Å². The lowest BCUT2D eigenvalue weighted by molar-refractivity contribution is -0.132.